The number of hydrogen-bond acceptors (Lipinski definition) is 3. The zero-order chi connectivity index (χ0) is 14.7. The number of nitrogens with zero attached hydrogens (tertiary/aromatic N) is 2. The topological polar surface area (TPSA) is 76.4 Å². The molecule has 0 spiro atoms. The predicted octanol–water partition coefficient (Wildman–Crippen LogP) is 1.52. The van der Waals surface area contributed by atoms with E-state index in [0.717, 1.165) is 12.1 Å². The molecular weight excluding hydrogens is 268 g/mol. The van der Waals surface area contributed by atoms with Gasteiger partial charge in [-0.3, -0.25) is 4.90 Å². The van der Waals surface area contributed by atoms with Crippen LogP contribution in [0.5, 0.6) is 0 Å². The van der Waals surface area contributed by atoms with Gasteiger partial charge in [0.25, 0.3) is 0 Å². The molecule has 1 saturated heterocycles. The molecule has 1 heterocycles. The van der Waals surface area contributed by atoms with Gasteiger partial charge in [0.1, 0.15) is 0 Å². The van der Waals surface area contributed by atoms with Gasteiger partial charge in [0.05, 0.1) is 18.7 Å². The third-order valence-corrected chi connectivity index (χ3v) is 3.37. The van der Waals surface area contributed by atoms with Crippen LogP contribution in [-0.2, 0) is 0 Å². The van der Waals surface area contributed by atoms with Crippen molar-refractivity contribution in [3.05, 3.63) is 35.4 Å². The number of rotatable bonds is 3. The molecule has 1 fully saturated rings. The van der Waals surface area contributed by atoms with Gasteiger partial charge in [-0.25, -0.2) is 13.6 Å². The first-order valence-corrected chi connectivity index (χ1v) is 6.05. The van der Waals surface area contributed by atoms with Crippen LogP contribution in [0.1, 0.15) is 11.5 Å². The molecule has 0 bridgehead atoms. The number of benzene rings is 1. The van der Waals surface area contributed by atoms with Gasteiger partial charge in [0.2, 0.25) is 0 Å². The predicted molar refractivity (Wildman–Crippen MR) is 66.1 cm³/mol. The number of carboxylic acid groups (broad SMARTS) is 1. The minimum absolute atomic E-state index is 0.165. The highest BCUT2D eigenvalue weighted by atomic mass is 19.2. The van der Waals surface area contributed by atoms with E-state index in [4.69, 9.17) is 10.4 Å². The molecule has 0 aromatic heterocycles. The molecule has 0 unspecified atom stereocenters. The molecule has 106 valence electrons. The molecule has 0 radical (unpaired) electrons. The maximum absolute atomic E-state index is 13.3. The summed E-state index contributed by atoms with van der Waals surface area (Å²) in [5, 5.41) is 19.9. The fraction of sp³-hybridized carbons (Fsp3) is 0.385. The Balaban J connectivity index is 2.23. The number of nitrogens with one attached hydrogen (secondary N) is 1. The number of likely N-dealkylation sites (tertiary alicyclic amines) is 1. The molecule has 1 aromatic carbocycles. The number of halogens is 2. The first-order valence-electron chi connectivity index (χ1n) is 6.05. The summed E-state index contributed by atoms with van der Waals surface area (Å²) in [6.07, 6.45) is -1.18. The van der Waals surface area contributed by atoms with Gasteiger partial charge < -0.3 is 10.4 Å². The molecule has 5 nitrogen and oxygen atoms in total. The third-order valence-electron chi connectivity index (χ3n) is 3.37. The van der Waals surface area contributed by atoms with E-state index < -0.39 is 23.8 Å². The fourth-order valence-electron chi connectivity index (χ4n) is 2.50. The van der Waals surface area contributed by atoms with Crippen LogP contribution in [0.15, 0.2) is 18.2 Å². The Hall–Kier alpha value is -2.20. The Morgan fingerprint density at radius 2 is 2.20 bits per heavy atom. The lowest BCUT2D eigenvalue weighted by atomic mass is 9.94. The fourth-order valence-corrected chi connectivity index (χ4v) is 2.50. The van der Waals surface area contributed by atoms with Crippen LogP contribution in [0.2, 0.25) is 0 Å². The largest absolute Gasteiger partial charge is 0.465 e. The Kier molecular flexibility index (Phi) is 4.15. The Labute approximate surface area is 114 Å². The molecule has 0 saturated carbocycles. The van der Waals surface area contributed by atoms with Crippen molar-refractivity contribution >= 4 is 6.09 Å². The molecule has 7 heteroatoms. The molecule has 20 heavy (non-hydrogen) atoms. The second-order valence-electron chi connectivity index (χ2n) is 4.69. The van der Waals surface area contributed by atoms with Gasteiger partial charge in [-0.15, -0.1) is 0 Å². The summed E-state index contributed by atoms with van der Waals surface area (Å²) < 4.78 is 26.2. The normalized spacial score (nSPS) is 22.4. The molecule has 1 aliphatic rings. The standard InChI is InChI=1S/C13H13F2N3O2/c14-10-2-1-8(5-11(10)15)9-6-18(4-3-16)7-12(9)17-13(19)20/h1-2,5,9,12,17H,4,6-7H2,(H,19,20)/t9-,12+/m0/s1. The van der Waals surface area contributed by atoms with Crippen molar-refractivity contribution in [2.24, 2.45) is 0 Å². The smallest absolute Gasteiger partial charge is 0.404 e. The number of amides is 1. The van der Waals surface area contributed by atoms with Crippen molar-refractivity contribution in [1.82, 2.24) is 10.2 Å². The molecule has 0 aliphatic carbocycles. The SMILES string of the molecule is N#CCN1C[C@@H](NC(=O)O)[C@H](c2ccc(F)c(F)c2)C1. The van der Waals surface area contributed by atoms with E-state index in [1.807, 2.05) is 6.07 Å². The van der Waals surface area contributed by atoms with Crippen LogP contribution in [0.4, 0.5) is 13.6 Å². The van der Waals surface area contributed by atoms with Crippen LogP contribution >= 0.6 is 0 Å². The maximum atomic E-state index is 13.3. The molecule has 2 rings (SSSR count). The quantitative estimate of drug-likeness (QED) is 0.824. The molecule has 1 aliphatic heterocycles. The van der Waals surface area contributed by atoms with Gasteiger partial charge in [-0.1, -0.05) is 6.07 Å². The van der Waals surface area contributed by atoms with Crippen LogP contribution < -0.4 is 5.32 Å². The van der Waals surface area contributed by atoms with Gasteiger partial charge in [-0.05, 0) is 17.7 Å². The lowest BCUT2D eigenvalue weighted by Crippen LogP contribution is -2.39. The highest BCUT2D eigenvalue weighted by Gasteiger charge is 2.35. The van der Waals surface area contributed by atoms with E-state index in [9.17, 15) is 13.6 Å². The first-order chi connectivity index (χ1) is 9.51. The van der Waals surface area contributed by atoms with E-state index in [2.05, 4.69) is 5.32 Å². The van der Waals surface area contributed by atoms with E-state index in [1.165, 1.54) is 6.07 Å². The van der Waals surface area contributed by atoms with Gasteiger partial charge in [0, 0.05) is 19.0 Å². The summed E-state index contributed by atoms with van der Waals surface area (Å²) in [5.74, 6) is -2.21. The number of nitriles is 1. The minimum atomic E-state index is -1.18. The zero-order valence-corrected chi connectivity index (χ0v) is 10.5. The van der Waals surface area contributed by atoms with Crippen molar-refractivity contribution in [3.8, 4) is 6.07 Å². The second kappa shape index (κ2) is 5.84. The van der Waals surface area contributed by atoms with E-state index in [0.29, 0.717) is 18.7 Å². The number of hydrogen-bond donors (Lipinski definition) is 2. The molecular formula is C13H13F2N3O2. The monoisotopic (exact) mass is 281 g/mol. The summed E-state index contributed by atoms with van der Waals surface area (Å²) in [6, 6.07) is 5.08. The summed E-state index contributed by atoms with van der Waals surface area (Å²) >= 11 is 0. The number of carbonyl (C=O) groups is 1. The second-order valence-corrected chi connectivity index (χ2v) is 4.69. The van der Waals surface area contributed by atoms with E-state index >= 15 is 0 Å². The van der Waals surface area contributed by atoms with Crippen LogP contribution in [-0.4, -0.2) is 41.8 Å². The van der Waals surface area contributed by atoms with Gasteiger partial charge >= 0.3 is 6.09 Å². The summed E-state index contributed by atoms with van der Waals surface area (Å²) in [4.78, 5) is 12.6. The Morgan fingerprint density at radius 3 is 2.80 bits per heavy atom. The highest BCUT2D eigenvalue weighted by Crippen LogP contribution is 2.28. The molecule has 1 aromatic rings. The van der Waals surface area contributed by atoms with Gasteiger partial charge in [0.15, 0.2) is 11.6 Å². The van der Waals surface area contributed by atoms with Crippen LogP contribution in [0, 0.1) is 23.0 Å². The van der Waals surface area contributed by atoms with Crippen LogP contribution in [0.25, 0.3) is 0 Å². The zero-order valence-electron chi connectivity index (χ0n) is 10.5. The van der Waals surface area contributed by atoms with E-state index in [1.54, 1.807) is 4.90 Å². The van der Waals surface area contributed by atoms with E-state index in [-0.39, 0.29) is 12.5 Å². The minimum Gasteiger partial charge on any atom is -0.465 e. The van der Waals surface area contributed by atoms with Crippen molar-refractivity contribution in [1.29, 1.82) is 5.26 Å². The Morgan fingerprint density at radius 1 is 1.45 bits per heavy atom. The third kappa shape index (κ3) is 3.03. The van der Waals surface area contributed by atoms with Crippen molar-refractivity contribution in [2.45, 2.75) is 12.0 Å². The average Bonchev–Trinajstić information content (AvgIpc) is 2.75. The first kappa shape index (κ1) is 14.2. The van der Waals surface area contributed by atoms with Crippen molar-refractivity contribution in [3.63, 3.8) is 0 Å². The molecule has 2 atom stereocenters. The maximum Gasteiger partial charge on any atom is 0.404 e. The summed E-state index contributed by atoms with van der Waals surface area (Å²) in [7, 11) is 0. The molecule has 1 amide bonds. The van der Waals surface area contributed by atoms with Crippen LogP contribution in [0.3, 0.4) is 0 Å². The van der Waals surface area contributed by atoms with Crippen molar-refractivity contribution < 1.29 is 18.7 Å². The highest BCUT2D eigenvalue weighted by molar-refractivity contribution is 5.65. The van der Waals surface area contributed by atoms with Gasteiger partial charge in [-0.2, -0.15) is 5.26 Å². The summed E-state index contributed by atoms with van der Waals surface area (Å²) in [5.41, 5.74) is 0.517. The lowest BCUT2D eigenvalue weighted by molar-refractivity contribution is 0.189. The summed E-state index contributed by atoms with van der Waals surface area (Å²) in [6.45, 7) is 0.949. The van der Waals surface area contributed by atoms with Crippen molar-refractivity contribution in [2.75, 3.05) is 19.6 Å². The average molecular weight is 281 g/mol. The Bertz CT molecular complexity index is 559. The molecule has 2 N–H and O–H groups in total. The lowest BCUT2D eigenvalue weighted by Gasteiger charge is -2.18.